The summed E-state index contributed by atoms with van der Waals surface area (Å²) in [7, 11) is 0. The summed E-state index contributed by atoms with van der Waals surface area (Å²) in [6, 6.07) is 0. The van der Waals surface area contributed by atoms with Crippen LogP contribution in [-0.4, -0.2) is 19.2 Å². The summed E-state index contributed by atoms with van der Waals surface area (Å²) < 4.78 is 9.77. The molecule has 0 fully saturated rings. The standard InChI is InChI=1S/C10H18O3/c1-3-12-9-7-5-6-8-10(11)13-4-2/h7,9H,3-6,8H2,1-2H3/b9-7-. The topological polar surface area (TPSA) is 35.5 Å². The summed E-state index contributed by atoms with van der Waals surface area (Å²) >= 11 is 0. The largest absolute Gasteiger partial charge is 0.502 e. The van der Waals surface area contributed by atoms with Crippen LogP contribution in [-0.2, 0) is 14.3 Å². The molecule has 0 aliphatic carbocycles. The van der Waals surface area contributed by atoms with Crippen molar-refractivity contribution >= 4 is 5.97 Å². The fourth-order valence-corrected chi connectivity index (χ4v) is 0.830. The van der Waals surface area contributed by atoms with E-state index in [0.717, 1.165) is 12.8 Å². The highest BCUT2D eigenvalue weighted by Crippen LogP contribution is 1.98. The molecule has 3 heteroatoms. The molecule has 13 heavy (non-hydrogen) atoms. The first-order chi connectivity index (χ1) is 6.31. The molecule has 0 rings (SSSR count). The Morgan fingerprint density at radius 1 is 1.31 bits per heavy atom. The minimum absolute atomic E-state index is 0.118. The SMILES string of the molecule is CCO/C=C\CCCC(=O)OCC. The number of allylic oxidation sites excluding steroid dienone is 1. The van der Waals surface area contributed by atoms with Crippen molar-refractivity contribution in [3.8, 4) is 0 Å². The minimum atomic E-state index is -0.118. The van der Waals surface area contributed by atoms with Crippen molar-refractivity contribution < 1.29 is 14.3 Å². The maximum Gasteiger partial charge on any atom is 0.305 e. The van der Waals surface area contributed by atoms with Crippen LogP contribution in [0.3, 0.4) is 0 Å². The van der Waals surface area contributed by atoms with Gasteiger partial charge in [-0.05, 0) is 32.8 Å². The van der Waals surface area contributed by atoms with Crippen molar-refractivity contribution in [3.05, 3.63) is 12.3 Å². The molecule has 0 N–H and O–H groups in total. The van der Waals surface area contributed by atoms with Gasteiger partial charge in [0.2, 0.25) is 0 Å². The van der Waals surface area contributed by atoms with E-state index in [2.05, 4.69) is 0 Å². The van der Waals surface area contributed by atoms with E-state index in [-0.39, 0.29) is 5.97 Å². The monoisotopic (exact) mass is 186 g/mol. The summed E-state index contributed by atoms with van der Waals surface area (Å²) in [5.41, 5.74) is 0. The average Bonchev–Trinajstić information content (AvgIpc) is 2.11. The van der Waals surface area contributed by atoms with Crippen LogP contribution in [0.15, 0.2) is 12.3 Å². The van der Waals surface area contributed by atoms with Crippen molar-refractivity contribution in [2.45, 2.75) is 33.1 Å². The molecule has 0 aliphatic heterocycles. The fraction of sp³-hybridized carbons (Fsp3) is 0.700. The van der Waals surface area contributed by atoms with Crippen LogP contribution in [0.1, 0.15) is 33.1 Å². The molecule has 0 radical (unpaired) electrons. The molecule has 0 saturated heterocycles. The summed E-state index contributed by atoms with van der Waals surface area (Å²) in [5, 5.41) is 0. The molecule has 0 bridgehead atoms. The number of carbonyl (C=O) groups is 1. The second kappa shape index (κ2) is 9.10. The van der Waals surface area contributed by atoms with Gasteiger partial charge in [0.1, 0.15) is 0 Å². The summed E-state index contributed by atoms with van der Waals surface area (Å²) in [6.45, 7) is 4.90. The normalized spacial score (nSPS) is 10.3. The van der Waals surface area contributed by atoms with Gasteiger partial charge in [-0.25, -0.2) is 0 Å². The number of esters is 1. The third-order valence-electron chi connectivity index (χ3n) is 1.42. The van der Waals surface area contributed by atoms with E-state index in [0.29, 0.717) is 19.6 Å². The summed E-state index contributed by atoms with van der Waals surface area (Å²) in [4.78, 5) is 10.9. The highest BCUT2D eigenvalue weighted by atomic mass is 16.5. The molecular weight excluding hydrogens is 168 g/mol. The Bertz CT molecular complexity index is 152. The van der Waals surface area contributed by atoms with Crippen LogP contribution in [0, 0.1) is 0 Å². The predicted molar refractivity (Wildman–Crippen MR) is 51.3 cm³/mol. The van der Waals surface area contributed by atoms with Gasteiger partial charge >= 0.3 is 5.97 Å². The van der Waals surface area contributed by atoms with Crippen LogP contribution < -0.4 is 0 Å². The first kappa shape index (κ1) is 12.0. The number of carbonyl (C=O) groups excluding carboxylic acids is 1. The van der Waals surface area contributed by atoms with Crippen LogP contribution in [0.25, 0.3) is 0 Å². The lowest BCUT2D eigenvalue weighted by atomic mass is 10.2. The zero-order chi connectivity index (χ0) is 9.94. The molecule has 0 saturated carbocycles. The first-order valence-corrected chi connectivity index (χ1v) is 4.73. The van der Waals surface area contributed by atoms with Crippen molar-refractivity contribution in [3.63, 3.8) is 0 Å². The van der Waals surface area contributed by atoms with Gasteiger partial charge in [0.15, 0.2) is 0 Å². The van der Waals surface area contributed by atoms with Gasteiger partial charge < -0.3 is 9.47 Å². The van der Waals surface area contributed by atoms with Gasteiger partial charge in [-0.2, -0.15) is 0 Å². The Morgan fingerprint density at radius 2 is 2.08 bits per heavy atom. The molecule has 0 amide bonds. The molecule has 0 unspecified atom stereocenters. The quantitative estimate of drug-likeness (QED) is 0.347. The number of hydrogen-bond donors (Lipinski definition) is 0. The Hall–Kier alpha value is -0.990. The second-order valence-electron chi connectivity index (χ2n) is 2.52. The number of rotatable bonds is 7. The summed E-state index contributed by atoms with van der Waals surface area (Å²) in [5.74, 6) is -0.118. The van der Waals surface area contributed by atoms with Crippen molar-refractivity contribution in [1.29, 1.82) is 0 Å². The van der Waals surface area contributed by atoms with Crippen LogP contribution in [0.5, 0.6) is 0 Å². The lowest BCUT2D eigenvalue weighted by Crippen LogP contribution is -2.02. The minimum Gasteiger partial charge on any atom is -0.502 e. The molecule has 3 nitrogen and oxygen atoms in total. The Labute approximate surface area is 79.7 Å². The van der Waals surface area contributed by atoms with Gasteiger partial charge in [-0.3, -0.25) is 4.79 Å². The lowest BCUT2D eigenvalue weighted by molar-refractivity contribution is -0.143. The third-order valence-corrected chi connectivity index (χ3v) is 1.42. The Balaban J connectivity index is 3.20. The van der Waals surface area contributed by atoms with Gasteiger partial charge in [0.25, 0.3) is 0 Å². The van der Waals surface area contributed by atoms with E-state index in [1.54, 1.807) is 6.26 Å². The maximum absolute atomic E-state index is 10.9. The molecule has 0 heterocycles. The Morgan fingerprint density at radius 3 is 2.69 bits per heavy atom. The predicted octanol–water partition coefficient (Wildman–Crippen LogP) is 2.27. The van der Waals surface area contributed by atoms with Crippen LogP contribution >= 0.6 is 0 Å². The van der Waals surface area contributed by atoms with Crippen molar-refractivity contribution in [2.24, 2.45) is 0 Å². The zero-order valence-corrected chi connectivity index (χ0v) is 8.41. The van der Waals surface area contributed by atoms with E-state index in [4.69, 9.17) is 9.47 Å². The maximum atomic E-state index is 10.9. The third kappa shape index (κ3) is 8.92. The molecule has 76 valence electrons. The van der Waals surface area contributed by atoms with Crippen molar-refractivity contribution in [2.75, 3.05) is 13.2 Å². The molecule has 0 atom stereocenters. The highest BCUT2D eigenvalue weighted by Gasteiger charge is 1.98. The summed E-state index contributed by atoms with van der Waals surface area (Å²) in [6.07, 6.45) is 5.76. The fourth-order valence-electron chi connectivity index (χ4n) is 0.830. The average molecular weight is 186 g/mol. The van der Waals surface area contributed by atoms with Gasteiger partial charge in [-0.15, -0.1) is 0 Å². The van der Waals surface area contributed by atoms with Crippen molar-refractivity contribution in [1.82, 2.24) is 0 Å². The zero-order valence-electron chi connectivity index (χ0n) is 8.41. The van der Waals surface area contributed by atoms with Gasteiger partial charge in [0.05, 0.1) is 19.5 Å². The molecule has 0 aromatic rings. The molecule has 0 aromatic carbocycles. The molecular formula is C10H18O3. The van der Waals surface area contributed by atoms with Crippen LogP contribution in [0.2, 0.25) is 0 Å². The van der Waals surface area contributed by atoms with E-state index in [9.17, 15) is 4.79 Å². The van der Waals surface area contributed by atoms with E-state index < -0.39 is 0 Å². The first-order valence-electron chi connectivity index (χ1n) is 4.73. The highest BCUT2D eigenvalue weighted by molar-refractivity contribution is 5.69. The van der Waals surface area contributed by atoms with E-state index >= 15 is 0 Å². The van der Waals surface area contributed by atoms with Crippen LogP contribution in [0.4, 0.5) is 0 Å². The van der Waals surface area contributed by atoms with E-state index in [1.165, 1.54) is 0 Å². The molecule has 0 aromatic heterocycles. The van der Waals surface area contributed by atoms with E-state index in [1.807, 2.05) is 19.9 Å². The number of hydrogen-bond acceptors (Lipinski definition) is 3. The number of ether oxygens (including phenoxy) is 2. The van der Waals surface area contributed by atoms with Gasteiger partial charge in [0, 0.05) is 6.42 Å². The lowest BCUT2D eigenvalue weighted by Gasteiger charge is -1.99. The number of unbranched alkanes of at least 4 members (excludes halogenated alkanes) is 1. The molecule has 0 spiro atoms. The molecule has 0 aliphatic rings. The Kier molecular flexibility index (Phi) is 8.41. The second-order valence-corrected chi connectivity index (χ2v) is 2.52. The smallest absolute Gasteiger partial charge is 0.305 e. The van der Waals surface area contributed by atoms with Gasteiger partial charge in [-0.1, -0.05) is 0 Å².